The van der Waals surface area contributed by atoms with Crippen LogP contribution in [0.3, 0.4) is 0 Å². The maximum atomic E-state index is 11.2. The van der Waals surface area contributed by atoms with E-state index in [0.717, 1.165) is 5.56 Å². The van der Waals surface area contributed by atoms with Crippen LogP contribution in [0.25, 0.3) is 0 Å². The van der Waals surface area contributed by atoms with Crippen molar-refractivity contribution in [1.82, 2.24) is 0 Å². The summed E-state index contributed by atoms with van der Waals surface area (Å²) in [6.07, 6.45) is 0.422. The van der Waals surface area contributed by atoms with E-state index in [9.17, 15) is 4.79 Å². The summed E-state index contributed by atoms with van der Waals surface area (Å²) in [5.41, 5.74) is 6.58. The predicted octanol–water partition coefficient (Wildman–Crippen LogP) is 1.04. The molecule has 1 rings (SSSR count). The van der Waals surface area contributed by atoms with E-state index in [1.165, 1.54) is 0 Å². The van der Waals surface area contributed by atoms with E-state index in [1.807, 2.05) is 30.3 Å². The summed E-state index contributed by atoms with van der Waals surface area (Å²) in [4.78, 5) is 11.2. The Kier molecular flexibility index (Phi) is 6.93. The average molecular weight is 241 g/mol. The molecule has 0 aliphatic rings. The third-order valence-electron chi connectivity index (χ3n) is 1.88. The Bertz CT molecular complexity index is 362. The van der Waals surface area contributed by atoms with Crippen molar-refractivity contribution < 1.29 is 9.53 Å². The lowest BCUT2D eigenvalue weighted by molar-refractivity contribution is -0.143. The molecule has 0 fully saturated rings. The Balaban J connectivity index is 0.00000225. The molecular weight excluding hydrogens is 228 g/mol. The van der Waals surface area contributed by atoms with E-state index in [4.69, 9.17) is 11.0 Å². The Morgan fingerprint density at radius 3 is 2.62 bits per heavy atom. The lowest BCUT2D eigenvalue weighted by atomic mass is 10.1. The molecular formula is C11H13ClN2O2. The van der Waals surface area contributed by atoms with Gasteiger partial charge in [0.15, 0.2) is 6.61 Å². The number of hydrogen-bond acceptors (Lipinski definition) is 4. The molecule has 0 aliphatic heterocycles. The summed E-state index contributed by atoms with van der Waals surface area (Å²) < 4.78 is 4.60. The van der Waals surface area contributed by atoms with Crippen LogP contribution in [0.1, 0.15) is 5.56 Å². The number of rotatable bonds is 4. The molecule has 0 aliphatic carbocycles. The van der Waals surface area contributed by atoms with Gasteiger partial charge in [-0.15, -0.1) is 12.4 Å². The van der Waals surface area contributed by atoms with Crippen molar-refractivity contribution in [3.05, 3.63) is 35.9 Å². The quantitative estimate of drug-likeness (QED) is 0.798. The molecule has 0 unspecified atom stereocenters. The molecule has 1 aromatic rings. The molecule has 1 atom stereocenters. The highest BCUT2D eigenvalue weighted by Crippen LogP contribution is 2.02. The van der Waals surface area contributed by atoms with Gasteiger partial charge >= 0.3 is 5.97 Å². The first kappa shape index (κ1) is 14.4. The first-order valence-electron chi connectivity index (χ1n) is 4.57. The van der Waals surface area contributed by atoms with Crippen molar-refractivity contribution in [1.29, 1.82) is 5.26 Å². The molecule has 2 N–H and O–H groups in total. The van der Waals surface area contributed by atoms with Gasteiger partial charge in [0.2, 0.25) is 0 Å². The minimum atomic E-state index is -0.708. The zero-order valence-corrected chi connectivity index (χ0v) is 9.44. The van der Waals surface area contributed by atoms with E-state index in [1.54, 1.807) is 6.07 Å². The number of nitriles is 1. The molecule has 0 saturated heterocycles. The highest BCUT2D eigenvalue weighted by Gasteiger charge is 2.14. The molecule has 0 saturated carbocycles. The van der Waals surface area contributed by atoms with E-state index in [0.29, 0.717) is 6.42 Å². The van der Waals surface area contributed by atoms with Crippen molar-refractivity contribution in [2.24, 2.45) is 5.73 Å². The lowest BCUT2D eigenvalue weighted by Crippen LogP contribution is -2.34. The van der Waals surface area contributed by atoms with Crippen molar-refractivity contribution in [2.45, 2.75) is 12.5 Å². The Hall–Kier alpha value is -1.57. The number of halogens is 1. The van der Waals surface area contributed by atoms with E-state index < -0.39 is 12.0 Å². The van der Waals surface area contributed by atoms with Crippen molar-refractivity contribution in [2.75, 3.05) is 6.61 Å². The Morgan fingerprint density at radius 2 is 2.06 bits per heavy atom. The van der Waals surface area contributed by atoms with Crippen LogP contribution in [0, 0.1) is 11.3 Å². The van der Waals surface area contributed by atoms with Gasteiger partial charge in [-0.25, -0.2) is 0 Å². The average Bonchev–Trinajstić information content (AvgIpc) is 2.27. The van der Waals surface area contributed by atoms with Gasteiger partial charge in [-0.1, -0.05) is 30.3 Å². The topological polar surface area (TPSA) is 76.1 Å². The Labute approximate surface area is 100 Å². The number of benzene rings is 1. The maximum absolute atomic E-state index is 11.2. The smallest absolute Gasteiger partial charge is 0.324 e. The minimum Gasteiger partial charge on any atom is -0.449 e. The van der Waals surface area contributed by atoms with E-state index >= 15 is 0 Å². The summed E-state index contributed by atoms with van der Waals surface area (Å²) in [5, 5.41) is 8.22. The first-order chi connectivity index (χ1) is 7.24. The predicted molar refractivity (Wildman–Crippen MR) is 61.9 cm³/mol. The molecule has 1 aromatic carbocycles. The van der Waals surface area contributed by atoms with E-state index in [-0.39, 0.29) is 19.0 Å². The Morgan fingerprint density at radius 1 is 1.44 bits per heavy atom. The van der Waals surface area contributed by atoms with Crippen LogP contribution in [-0.4, -0.2) is 18.6 Å². The fourth-order valence-corrected chi connectivity index (χ4v) is 1.16. The third kappa shape index (κ3) is 4.78. The highest BCUT2D eigenvalue weighted by atomic mass is 35.5. The monoisotopic (exact) mass is 240 g/mol. The van der Waals surface area contributed by atoms with Crippen LogP contribution < -0.4 is 5.73 Å². The number of carbonyl (C=O) groups is 1. The number of carbonyl (C=O) groups excluding carboxylic acids is 1. The molecule has 0 bridgehead atoms. The minimum absolute atomic E-state index is 0. The SMILES string of the molecule is Cl.N#CCOC(=O)[C@@H](N)Cc1ccccc1. The van der Waals surface area contributed by atoms with Crippen molar-refractivity contribution in [3.63, 3.8) is 0 Å². The molecule has 0 aromatic heterocycles. The van der Waals surface area contributed by atoms with Crippen LogP contribution in [0.2, 0.25) is 0 Å². The largest absolute Gasteiger partial charge is 0.449 e. The van der Waals surface area contributed by atoms with Crippen LogP contribution in [0.4, 0.5) is 0 Å². The second-order valence-corrected chi connectivity index (χ2v) is 3.06. The van der Waals surface area contributed by atoms with E-state index in [2.05, 4.69) is 4.74 Å². The number of nitrogens with zero attached hydrogens (tertiary/aromatic N) is 1. The maximum Gasteiger partial charge on any atom is 0.324 e. The fraction of sp³-hybridized carbons (Fsp3) is 0.273. The van der Waals surface area contributed by atoms with Gasteiger partial charge in [0.05, 0.1) is 0 Å². The summed E-state index contributed by atoms with van der Waals surface area (Å²) in [7, 11) is 0. The third-order valence-corrected chi connectivity index (χ3v) is 1.88. The molecule has 0 spiro atoms. The molecule has 0 heterocycles. The van der Waals surface area contributed by atoms with Gasteiger partial charge in [-0.3, -0.25) is 4.79 Å². The standard InChI is InChI=1S/C11H12N2O2.ClH/c12-6-7-15-11(14)10(13)8-9-4-2-1-3-5-9;/h1-5,10H,7-8,13H2;1H/t10-;/m0./s1. The summed E-state index contributed by atoms with van der Waals surface area (Å²) >= 11 is 0. The van der Waals surface area contributed by atoms with Crippen molar-refractivity contribution in [3.8, 4) is 6.07 Å². The molecule has 0 radical (unpaired) electrons. The van der Waals surface area contributed by atoms with Crippen LogP contribution in [-0.2, 0) is 16.0 Å². The molecule has 0 amide bonds. The molecule has 5 heteroatoms. The highest BCUT2D eigenvalue weighted by molar-refractivity contribution is 5.85. The first-order valence-corrected chi connectivity index (χ1v) is 4.57. The van der Waals surface area contributed by atoms with Gasteiger partial charge in [0.1, 0.15) is 12.1 Å². The van der Waals surface area contributed by atoms with Gasteiger partial charge in [-0.05, 0) is 12.0 Å². The lowest BCUT2D eigenvalue weighted by Gasteiger charge is -2.09. The zero-order chi connectivity index (χ0) is 11.1. The van der Waals surface area contributed by atoms with Crippen molar-refractivity contribution >= 4 is 18.4 Å². The molecule has 4 nitrogen and oxygen atoms in total. The fourth-order valence-electron chi connectivity index (χ4n) is 1.16. The van der Waals surface area contributed by atoms with Crippen LogP contribution in [0.15, 0.2) is 30.3 Å². The zero-order valence-electron chi connectivity index (χ0n) is 8.63. The second kappa shape index (κ2) is 7.69. The summed E-state index contributed by atoms with van der Waals surface area (Å²) in [6, 6.07) is 10.4. The van der Waals surface area contributed by atoms with Gasteiger partial charge in [0, 0.05) is 0 Å². The van der Waals surface area contributed by atoms with Crippen LogP contribution >= 0.6 is 12.4 Å². The van der Waals surface area contributed by atoms with Gasteiger partial charge in [-0.2, -0.15) is 5.26 Å². The summed E-state index contributed by atoms with van der Waals surface area (Å²) in [5.74, 6) is -0.541. The van der Waals surface area contributed by atoms with Gasteiger partial charge < -0.3 is 10.5 Å². The molecule has 86 valence electrons. The molecule has 16 heavy (non-hydrogen) atoms. The van der Waals surface area contributed by atoms with Gasteiger partial charge in [0.25, 0.3) is 0 Å². The van der Waals surface area contributed by atoms with Crippen LogP contribution in [0.5, 0.6) is 0 Å². The number of esters is 1. The normalized spacial score (nSPS) is 10.8. The summed E-state index contributed by atoms with van der Waals surface area (Å²) in [6.45, 7) is -0.249. The second-order valence-electron chi connectivity index (χ2n) is 3.06. The number of ether oxygens (including phenoxy) is 1. The number of hydrogen-bond donors (Lipinski definition) is 1. The number of nitrogens with two attached hydrogens (primary N) is 1.